The van der Waals surface area contributed by atoms with Gasteiger partial charge in [-0.3, -0.25) is 0 Å². The van der Waals surface area contributed by atoms with Gasteiger partial charge in [-0.2, -0.15) is 0 Å². The standard InChI is InChI=1S/C13H14ClN3/c1-10-7-8-15-13(17-10)16-9-12(14)11-5-3-2-4-6-11/h2-8,12H,9H2,1H3,(H,15,16,17). The van der Waals surface area contributed by atoms with Crippen LogP contribution in [0.5, 0.6) is 0 Å². The van der Waals surface area contributed by atoms with Crippen LogP contribution in [-0.2, 0) is 0 Å². The van der Waals surface area contributed by atoms with Gasteiger partial charge in [-0.25, -0.2) is 9.97 Å². The Balaban J connectivity index is 1.95. The van der Waals surface area contributed by atoms with E-state index in [4.69, 9.17) is 11.6 Å². The van der Waals surface area contributed by atoms with Crippen LogP contribution in [0, 0.1) is 6.92 Å². The van der Waals surface area contributed by atoms with Crippen LogP contribution in [0.1, 0.15) is 16.6 Å². The van der Waals surface area contributed by atoms with Gasteiger partial charge in [0.05, 0.1) is 5.38 Å². The van der Waals surface area contributed by atoms with Crippen LogP contribution in [-0.4, -0.2) is 16.5 Å². The number of halogens is 1. The predicted molar refractivity (Wildman–Crippen MR) is 70.3 cm³/mol. The van der Waals surface area contributed by atoms with Crippen molar-refractivity contribution in [1.29, 1.82) is 0 Å². The molecule has 0 radical (unpaired) electrons. The average molecular weight is 248 g/mol. The third-order valence-electron chi connectivity index (χ3n) is 2.40. The molecule has 0 aliphatic heterocycles. The molecular formula is C13H14ClN3. The number of aryl methyl sites for hydroxylation is 1. The SMILES string of the molecule is Cc1ccnc(NCC(Cl)c2ccccc2)n1. The number of benzene rings is 1. The second-order valence-electron chi connectivity index (χ2n) is 3.78. The van der Waals surface area contributed by atoms with Gasteiger partial charge in [-0.15, -0.1) is 11.6 Å². The molecule has 1 aromatic carbocycles. The van der Waals surface area contributed by atoms with Crippen molar-refractivity contribution in [1.82, 2.24) is 9.97 Å². The summed E-state index contributed by atoms with van der Waals surface area (Å²) in [6, 6.07) is 11.8. The fraction of sp³-hybridized carbons (Fsp3) is 0.231. The van der Waals surface area contributed by atoms with Gasteiger partial charge in [0.2, 0.25) is 5.95 Å². The second-order valence-corrected chi connectivity index (χ2v) is 4.31. The summed E-state index contributed by atoms with van der Waals surface area (Å²) in [5, 5.41) is 3.05. The summed E-state index contributed by atoms with van der Waals surface area (Å²) in [4.78, 5) is 8.38. The molecule has 0 aliphatic rings. The molecule has 1 unspecified atom stereocenters. The highest BCUT2D eigenvalue weighted by Crippen LogP contribution is 2.19. The molecule has 3 nitrogen and oxygen atoms in total. The largest absolute Gasteiger partial charge is 0.352 e. The van der Waals surface area contributed by atoms with Gasteiger partial charge in [0.25, 0.3) is 0 Å². The Bertz CT molecular complexity index is 473. The van der Waals surface area contributed by atoms with E-state index in [9.17, 15) is 0 Å². The topological polar surface area (TPSA) is 37.8 Å². The highest BCUT2D eigenvalue weighted by atomic mass is 35.5. The number of aromatic nitrogens is 2. The Morgan fingerprint density at radius 2 is 2.00 bits per heavy atom. The summed E-state index contributed by atoms with van der Waals surface area (Å²) in [5.74, 6) is 0.617. The van der Waals surface area contributed by atoms with Crippen LogP contribution in [0.15, 0.2) is 42.6 Å². The van der Waals surface area contributed by atoms with Crippen molar-refractivity contribution in [3.8, 4) is 0 Å². The third kappa shape index (κ3) is 3.43. The monoisotopic (exact) mass is 247 g/mol. The first-order chi connectivity index (χ1) is 8.25. The summed E-state index contributed by atoms with van der Waals surface area (Å²) >= 11 is 6.28. The van der Waals surface area contributed by atoms with Crippen molar-refractivity contribution in [3.05, 3.63) is 53.9 Å². The van der Waals surface area contributed by atoms with Crippen LogP contribution < -0.4 is 5.32 Å². The normalized spacial score (nSPS) is 12.1. The van der Waals surface area contributed by atoms with Gasteiger partial charge in [0.1, 0.15) is 0 Å². The van der Waals surface area contributed by atoms with Gasteiger partial charge < -0.3 is 5.32 Å². The van der Waals surface area contributed by atoms with Crippen LogP contribution in [0.2, 0.25) is 0 Å². The fourth-order valence-corrected chi connectivity index (χ4v) is 1.72. The van der Waals surface area contributed by atoms with E-state index in [-0.39, 0.29) is 5.38 Å². The molecule has 1 atom stereocenters. The molecule has 4 heteroatoms. The molecule has 0 saturated carbocycles. The Kier molecular flexibility index (Phi) is 3.94. The molecular weight excluding hydrogens is 234 g/mol. The molecule has 0 bridgehead atoms. The van der Waals surface area contributed by atoms with Crippen molar-refractivity contribution in [3.63, 3.8) is 0 Å². The quantitative estimate of drug-likeness (QED) is 0.844. The second kappa shape index (κ2) is 5.64. The molecule has 2 rings (SSSR count). The van der Waals surface area contributed by atoms with Crippen molar-refractivity contribution in [2.45, 2.75) is 12.3 Å². The lowest BCUT2D eigenvalue weighted by molar-refractivity contribution is 0.944. The maximum Gasteiger partial charge on any atom is 0.222 e. The maximum absolute atomic E-state index is 6.28. The van der Waals surface area contributed by atoms with Crippen molar-refractivity contribution in [2.75, 3.05) is 11.9 Å². The van der Waals surface area contributed by atoms with Crippen LogP contribution >= 0.6 is 11.6 Å². The van der Waals surface area contributed by atoms with Gasteiger partial charge in [-0.05, 0) is 18.6 Å². The van der Waals surface area contributed by atoms with Gasteiger partial charge in [0, 0.05) is 18.4 Å². The Morgan fingerprint density at radius 3 is 2.71 bits per heavy atom. The zero-order valence-electron chi connectivity index (χ0n) is 9.60. The van der Waals surface area contributed by atoms with E-state index < -0.39 is 0 Å². The van der Waals surface area contributed by atoms with E-state index in [0.29, 0.717) is 12.5 Å². The Morgan fingerprint density at radius 1 is 1.24 bits per heavy atom. The zero-order valence-corrected chi connectivity index (χ0v) is 10.4. The first kappa shape index (κ1) is 11.9. The number of hydrogen-bond donors (Lipinski definition) is 1. The molecule has 17 heavy (non-hydrogen) atoms. The molecule has 0 amide bonds. The minimum atomic E-state index is -0.0830. The zero-order chi connectivity index (χ0) is 12.1. The van der Waals surface area contributed by atoms with Crippen LogP contribution in [0.25, 0.3) is 0 Å². The number of nitrogens with zero attached hydrogens (tertiary/aromatic N) is 2. The van der Waals surface area contributed by atoms with E-state index in [0.717, 1.165) is 11.3 Å². The fourth-order valence-electron chi connectivity index (χ4n) is 1.49. The van der Waals surface area contributed by atoms with Crippen molar-refractivity contribution in [2.24, 2.45) is 0 Å². The Labute approximate surface area is 106 Å². The molecule has 1 aromatic heterocycles. The lowest BCUT2D eigenvalue weighted by Gasteiger charge is -2.11. The van der Waals surface area contributed by atoms with Crippen molar-refractivity contribution >= 4 is 17.5 Å². The first-order valence-corrected chi connectivity index (χ1v) is 5.92. The third-order valence-corrected chi connectivity index (χ3v) is 2.80. The first-order valence-electron chi connectivity index (χ1n) is 5.48. The summed E-state index contributed by atoms with van der Waals surface area (Å²) in [5.41, 5.74) is 2.03. The lowest BCUT2D eigenvalue weighted by Crippen LogP contribution is -2.10. The summed E-state index contributed by atoms with van der Waals surface area (Å²) in [6.07, 6.45) is 1.73. The minimum absolute atomic E-state index is 0.0830. The molecule has 1 N–H and O–H groups in total. The number of nitrogens with one attached hydrogen (secondary N) is 1. The average Bonchev–Trinajstić information content (AvgIpc) is 2.37. The van der Waals surface area contributed by atoms with Gasteiger partial charge in [0.15, 0.2) is 0 Å². The highest BCUT2D eigenvalue weighted by Gasteiger charge is 2.07. The van der Waals surface area contributed by atoms with Crippen LogP contribution in [0.4, 0.5) is 5.95 Å². The summed E-state index contributed by atoms with van der Waals surface area (Å²) < 4.78 is 0. The Hall–Kier alpha value is -1.61. The molecule has 0 spiro atoms. The van der Waals surface area contributed by atoms with E-state index in [1.807, 2.05) is 43.3 Å². The van der Waals surface area contributed by atoms with E-state index in [2.05, 4.69) is 15.3 Å². The number of alkyl halides is 1. The number of rotatable bonds is 4. The summed E-state index contributed by atoms with van der Waals surface area (Å²) in [7, 11) is 0. The molecule has 0 saturated heterocycles. The number of hydrogen-bond acceptors (Lipinski definition) is 3. The van der Waals surface area contributed by atoms with E-state index in [1.165, 1.54) is 0 Å². The van der Waals surface area contributed by atoms with E-state index in [1.54, 1.807) is 6.20 Å². The van der Waals surface area contributed by atoms with Crippen molar-refractivity contribution < 1.29 is 0 Å². The smallest absolute Gasteiger partial charge is 0.222 e. The van der Waals surface area contributed by atoms with Crippen LogP contribution in [0.3, 0.4) is 0 Å². The molecule has 0 fully saturated rings. The minimum Gasteiger partial charge on any atom is -0.352 e. The maximum atomic E-state index is 6.28. The van der Waals surface area contributed by atoms with Gasteiger partial charge in [-0.1, -0.05) is 30.3 Å². The molecule has 0 aliphatic carbocycles. The number of anilines is 1. The molecule has 88 valence electrons. The lowest BCUT2D eigenvalue weighted by atomic mass is 10.1. The molecule has 1 heterocycles. The predicted octanol–water partition coefficient (Wildman–Crippen LogP) is 3.18. The van der Waals surface area contributed by atoms with E-state index >= 15 is 0 Å². The molecule has 2 aromatic rings. The summed E-state index contributed by atoms with van der Waals surface area (Å²) in [6.45, 7) is 2.54. The van der Waals surface area contributed by atoms with Gasteiger partial charge >= 0.3 is 0 Å². The highest BCUT2D eigenvalue weighted by molar-refractivity contribution is 6.21.